The van der Waals surface area contributed by atoms with Crippen molar-refractivity contribution in [2.24, 2.45) is 5.73 Å². The highest BCUT2D eigenvalue weighted by molar-refractivity contribution is 5.82. The second-order valence-corrected chi connectivity index (χ2v) is 4.55. The SMILES string of the molecule is CC(C)(N)c1cc2c(C(F)(F)F)cccc2o1. The Kier molecular flexibility index (Phi) is 2.47. The molecule has 1 aromatic heterocycles. The third kappa shape index (κ3) is 2.15. The summed E-state index contributed by atoms with van der Waals surface area (Å²) >= 11 is 0. The zero-order valence-electron chi connectivity index (χ0n) is 9.43. The van der Waals surface area contributed by atoms with E-state index in [2.05, 4.69) is 0 Å². The Morgan fingerprint density at radius 2 is 1.82 bits per heavy atom. The normalized spacial score (nSPS) is 13.3. The molecule has 0 atom stereocenters. The number of benzene rings is 1. The van der Waals surface area contributed by atoms with Crippen LogP contribution in [0.3, 0.4) is 0 Å². The maximum absolute atomic E-state index is 12.8. The van der Waals surface area contributed by atoms with Crippen molar-refractivity contribution in [2.75, 3.05) is 0 Å². The average Bonchev–Trinajstić information content (AvgIpc) is 2.57. The number of halogens is 3. The van der Waals surface area contributed by atoms with Gasteiger partial charge in [-0.25, -0.2) is 0 Å². The van der Waals surface area contributed by atoms with Crippen molar-refractivity contribution < 1.29 is 17.6 Å². The molecule has 0 spiro atoms. The largest absolute Gasteiger partial charge is 0.459 e. The lowest BCUT2D eigenvalue weighted by Gasteiger charge is -2.13. The highest BCUT2D eigenvalue weighted by Gasteiger charge is 2.34. The predicted octanol–water partition coefficient (Wildman–Crippen LogP) is 3.65. The monoisotopic (exact) mass is 243 g/mol. The van der Waals surface area contributed by atoms with Crippen LogP contribution < -0.4 is 5.73 Å². The van der Waals surface area contributed by atoms with E-state index in [1.165, 1.54) is 18.2 Å². The minimum absolute atomic E-state index is 0.0496. The molecule has 5 heteroatoms. The molecule has 0 saturated heterocycles. The van der Waals surface area contributed by atoms with Gasteiger partial charge in [0.2, 0.25) is 0 Å². The molecule has 2 nitrogen and oxygen atoms in total. The third-order valence-electron chi connectivity index (χ3n) is 2.50. The van der Waals surface area contributed by atoms with Crippen LogP contribution in [0.25, 0.3) is 11.0 Å². The molecule has 2 N–H and O–H groups in total. The van der Waals surface area contributed by atoms with Crippen LogP contribution in [0.15, 0.2) is 28.7 Å². The van der Waals surface area contributed by atoms with Crippen LogP contribution in [0.1, 0.15) is 25.2 Å². The number of hydrogen-bond donors (Lipinski definition) is 1. The summed E-state index contributed by atoms with van der Waals surface area (Å²) < 4.78 is 43.6. The van der Waals surface area contributed by atoms with Crippen LogP contribution in [0.5, 0.6) is 0 Å². The lowest BCUT2D eigenvalue weighted by Crippen LogP contribution is -2.27. The molecule has 17 heavy (non-hydrogen) atoms. The van der Waals surface area contributed by atoms with Gasteiger partial charge in [-0.1, -0.05) is 6.07 Å². The van der Waals surface area contributed by atoms with E-state index in [0.717, 1.165) is 6.07 Å². The van der Waals surface area contributed by atoms with E-state index in [4.69, 9.17) is 10.2 Å². The number of fused-ring (bicyclic) bond motifs is 1. The molecule has 0 bridgehead atoms. The molecule has 0 unspecified atom stereocenters. The van der Waals surface area contributed by atoms with Gasteiger partial charge in [-0.05, 0) is 32.0 Å². The first-order chi connectivity index (χ1) is 7.69. The van der Waals surface area contributed by atoms with Crippen molar-refractivity contribution in [3.63, 3.8) is 0 Å². The van der Waals surface area contributed by atoms with Gasteiger partial charge in [0.05, 0.1) is 11.1 Å². The van der Waals surface area contributed by atoms with Gasteiger partial charge in [-0.3, -0.25) is 0 Å². The Morgan fingerprint density at radius 3 is 2.35 bits per heavy atom. The van der Waals surface area contributed by atoms with Gasteiger partial charge in [-0.2, -0.15) is 13.2 Å². The number of furan rings is 1. The van der Waals surface area contributed by atoms with E-state index < -0.39 is 17.3 Å². The van der Waals surface area contributed by atoms with Crippen molar-refractivity contribution in [1.82, 2.24) is 0 Å². The Labute approximate surface area is 96.2 Å². The van der Waals surface area contributed by atoms with Gasteiger partial charge >= 0.3 is 6.18 Å². The maximum atomic E-state index is 12.8. The first kappa shape index (κ1) is 12.0. The number of alkyl halides is 3. The van der Waals surface area contributed by atoms with Gasteiger partial charge in [0.15, 0.2) is 0 Å². The van der Waals surface area contributed by atoms with Crippen LogP contribution in [0.4, 0.5) is 13.2 Å². The number of nitrogens with two attached hydrogens (primary N) is 1. The molecule has 92 valence electrons. The Bertz CT molecular complexity index is 549. The van der Waals surface area contributed by atoms with Crippen molar-refractivity contribution in [3.05, 3.63) is 35.6 Å². The van der Waals surface area contributed by atoms with Crippen molar-refractivity contribution in [1.29, 1.82) is 0 Å². The van der Waals surface area contributed by atoms with Gasteiger partial charge in [0.25, 0.3) is 0 Å². The molecule has 0 aliphatic heterocycles. The van der Waals surface area contributed by atoms with Crippen LogP contribution in [0, 0.1) is 0 Å². The van der Waals surface area contributed by atoms with E-state index in [1.807, 2.05) is 0 Å². The Balaban J connectivity index is 2.70. The highest BCUT2D eigenvalue weighted by atomic mass is 19.4. The molecular formula is C12H12F3NO. The van der Waals surface area contributed by atoms with Gasteiger partial charge in [-0.15, -0.1) is 0 Å². The molecule has 1 heterocycles. The molecule has 0 radical (unpaired) electrons. The summed E-state index contributed by atoms with van der Waals surface area (Å²) in [5.74, 6) is 0.337. The highest BCUT2D eigenvalue weighted by Crippen LogP contribution is 2.37. The summed E-state index contributed by atoms with van der Waals surface area (Å²) in [7, 11) is 0. The standard InChI is InChI=1S/C12H12F3NO/c1-11(2,16)10-6-7-8(12(13,14)15)4-3-5-9(7)17-10/h3-6H,16H2,1-2H3. The van der Waals surface area contributed by atoms with E-state index >= 15 is 0 Å². The number of hydrogen-bond acceptors (Lipinski definition) is 2. The summed E-state index contributed by atoms with van der Waals surface area (Å²) in [5, 5.41) is 0.0496. The van der Waals surface area contributed by atoms with Crippen LogP contribution in [-0.2, 0) is 11.7 Å². The zero-order chi connectivity index (χ0) is 12.8. The Hall–Kier alpha value is -1.49. The molecule has 2 rings (SSSR count). The van der Waals surface area contributed by atoms with Gasteiger partial charge in [0, 0.05) is 5.39 Å². The van der Waals surface area contributed by atoms with E-state index in [9.17, 15) is 13.2 Å². The van der Waals surface area contributed by atoms with Crippen LogP contribution in [-0.4, -0.2) is 0 Å². The maximum Gasteiger partial charge on any atom is 0.417 e. The Morgan fingerprint density at radius 1 is 1.18 bits per heavy atom. The van der Waals surface area contributed by atoms with Crippen molar-refractivity contribution in [2.45, 2.75) is 25.6 Å². The molecule has 0 amide bonds. The predicted molar refractivity (Wildman–Crippen MR) is 58.4 cm³/mol. The van der Waals surface area contributed by atoms with Crippen LogP contribution in [0.2, 0.25) is 0 Å². The quantitative estimate of drug-likeness (QED) is 0.830. The molecule has 2 aromatic rings. The second kappa shape index (κ2) is 3.50. The first-order valence-corrected chi connectivity index (χ1v) is 5.09. The molecule has 0 aliphatic carbocycles. The lowest BCUT2D eigenvalue weighted by atomic mass is 10.0. The molecule has 0 fully saturated rings. The molecular weight excluding hydrogens is 231 g/mol. The molecule has 1 aromatic carbocycles. The minimum atomic E-state index is -4.39. The van der Waals surface area contributed by atoms with Crippen molar-refractivity contribution in [3.8, 4) is 0 Å². The van der Waals surface area contributed by atoms with Gasteiger partial charge in [0.1, 0.15) is 11.3 Å². The number of rotatable bonds is 1. The van der Waals surface area contributed by atoms with Crippen molar-refractivity contribution >= 4 is 11.0 Å². The van der Waals surface area contributed by atoms with Gasteiger partial charge < -0.3 is 10.2 Å². The fraction of sp³-hybridized carbons (Fsp3) is 0.333. The van der Waals surface area contributed by atoms with E-state index in [0.29, 0.717) is 5.76 Å². The summed E-state index contributed by atoms with van der Waals surface area (Å²) in [4.78, 5) is 0. The summed E-state index contributed by atoms with van der Waals surface area (Å²) in [5.41, 5.74) is 4.50. The fourth-order valence-corrected chi connectivity index (χ4v) is 1.63. The minimum Gasteiger partial charge on any atom is -0.459 e. The molecule has 0 aliphatic rings. The van der Waals surface area contributed by atoms with E-state index in [1.54, 1.807) is 13.8 Å². The zero-order valence-corrected chi connectivity index (χ0v) is 9.43. The fourth-order valence-electron chi connectivity index (χ4n) is 1.63. The third-order valence-corrected chi connectivity index (χ3v) is 2.50. The smallest absolute Gasteiger partial charge is 0.417 e. The van der Waals surface area contributed by atoms with E-state index in [-0.39, 0.29) is 11.0 Å². The lowest BCUT2D eigenvalue weighted by molar-refractivity contribution is -0.136. The second-order valence-electron chi connectivity index (χ2n) is 4.55. The topological polar surface area (TPSA) is 39.2 Å². The van der Waals surface area contributed by atoms with Crippen LogP contribution >= 0.6 is 0 Å². The summed E-state index contributed by atoms with van der Waals surface area (Å²) in [6.07, 6.45) is -4.39. The summed E-state index contributed by atoms with van der Waals surface area (Å²) in [6, 6.07) is 5.21. The summed E-state index contributed by atoms with van der Waals surface area (Å²) in [6.45, 7) is 3.36. The molecule has 0 saturated carbocycles. The average molecular weight is 243 g/mol. The first-order valence-electron chi connectivity index (χ1n) is 5.09.